The van der Waals surface area contributed by atoms with Gasteiger partial charge in [-0.15, -0.1) is 0 Å². The van der Waals surface area contributed by atoms with Gasteiger partial charge in [0.1, 0.15) is 0 Å². The second-order valence-corrected chi connectivity index (χ2v) is 5.80. The summed E-state index contributed by atoms with van der Waals surface area (Å²) in [6.07, 6.45) is 1.55. The minimum atomic E-state index is -0.616. The summed E-state index contributed by atoms with van der Waals surface area (Å²) in [7, 11) is 2.92. The van der Waals surface area contributed by atoms with Crippen LogP contribution in [0.15, 0.2) is 36.5 Å². The number of aromatic nitrogens is 4. The van der Waals surface area contributed by atoms with E-state index in [9.17, 15) is 9.59 Å². The first-order valence-electron chi connectivity index (χ1n) is 7.97. The van der Waals surface area contributed by atoms with E-state index in [0.717, 1.165) is 5.69 Å². The van der Waals surface area contributed by atoms with Crippen molar-refractivity contribution in [2.24, 2.45) is 7.05 Å². The highest BCUT2D eigenvalue weighted by atomic mass is 16.5. The summed E-state index contributed by atoms with van der Waals surface area (Å²) in [6, 6.07) is 9.56. The molecular formula is C18H19N5O3. The molecule has 3 rings (SSSR count). The van der Waals surface area contributed by atoms with E-state index >= 15 is 0 Å². The van der Waals surface area contributed by atoms with Crippen LogP contribution in [0.2, 0.25) is 0 Å². The van der Waals surface area contributed by atoms with E-state index in [2.05, 4.69) is 15.5 Å². The number of anilines is 1. The van der Waals surface area contributed by atoms with Gasteiger partial charge in [0.25, 0.3) is 5.91 Å². The average molecular weight is 353 g/mol. The number of hydrogen-bond acceptors (Lipinski definition) is 5. The standard InChI is InChI=1S/C18H19N5O3/c1-11-15(12(2)23(20-11)13-8-6-5-7-9-13)17(24)19-14-10-22(3)21-16(14)18(25)26-4/h5-10H,1-4H3,(H,19,24). The smallest absolute Gasteiger partial charge is 0.360 e. The summed E-state index contributed by atoms with van der Waals surface area (Å²) < 4.78 is 7.86. The van der Waals surface area contributed by atoms with Gasteiger partial charge in [0.05, 0.1) is 35.4 Å². The highest BCUT2D eigenvalue weighted by molar-refractivity contribution is 6.08. The number of benzene rings is 1. The number of aryl methyl sites for hydroxylation is 2. The Bertz CT molecular complexity index is 972. The highest BCUT2D eigenvalue weighted by Crippen LogP contribution is 2.21. The lowest BCUT2D eigenvalue weighted by atomic mass is 10.1. The first-order chi connectivity index (χ1) is 12.4. The quantitative estimate of drug-likeness (QED) is 0.727. The Labute approximate surface area is 150 Å². The summed E-state index contributed by atoms with van der Waals surface area (Å²) >= 11 is 0. The molecule has 3 aromatic rings. The summed E-state index contributed by atoms with van der Waals surface area (Å²) in [6.45, 7) is 3.60. The molecule has 0 unspecified atom stereocenters. The Kier molecular flexibility index (Phi) is 4.57. The number of amides is 1. The summed E-state index contributed by atoms with van der Waals surface area (Å²) in [4.78, 5) is 24.6. The van der Waals surface area contributed by atoms with Gasteiger partial charge in [-0.1, -0.05) is 18.2 Å². The SMILES string of the molecule is COC(=O)c1nn(C)cc1NC(=O)c1c(C)nn(-c2ccccc2)c1C. The number of rotatable bonds is 4. The molecule has 0 radical (unpaired) electrons. The fraction of sp³-hybridized carbons (Fsp3) is 0.222. The molecule has 134 valence electrons. The second kappa shape index (κ2) is 6.83. The molecule has 0 fully saturated rings. The Morgan fingerprint density at radius 2 is 1.81 bits per heavy atom. The molecule has 1 aromatic carbocycles. The van der Waals surface area contributed by atoms with Crippen LogP contribution in [0.25, 0.3) is 5.69 Å². The van der Waals surface area contributed by atoms with Crippen molar-refractivity contribution in [3.05, 3.63) is 59.2 Å². The number of carbonyl (C=O) groups is 2. The van der Waals surface area contributed by atoms with Crippen molar-refractivity contribution in [3.63, 3.8) is 0 Å². The van der Waals surface area contributed by atoms with E-state index in [0.29, 0.717) is 17.0 Å². The van der Waals surface area contributed by atoms with Crippen molar-refractivity contribution in [3.8, 4) is 5.69 Å². The first-order valence-corrected chi connectivity index (χ1v) is 7.97. The molecule has 0 saturated carbocycles. The molecule has 1 N–H and O–H groups in total. The summed E-state index contributed by atoms with van der Waals surface area (Å²) in [5.41, 5.74) is 2.95. The molecule has 0 aliphatic carbocycles. The molecule has 0 spiro atoms. The predicted molar refractivity (Wildman–Crippen MR) is 95.5 cm³/mol. The molecule has 0 atom stereocenters. The topological polar surface area (TPSA) is 91.0 Å². The number of nitrogens with zero attached hydrogens (tertiary/aromatic N) is 4. The van der Waals surface area contributed by atoms with E-state index in [1.807, 2.05) is 37.3 Å². The zero-order chi connectivity index (χ0) is 18.8. The van der Waals surface area contributed by atoms with Gasteiger partial charge < -0.3 is 10.1 Å². The van der Waals surface area contributed by atoms with Gasteiger partial charge in [0.15, 0.2) is 5.69 Å². The number of carbonyl (C=O) groups excluding carboxylic acids is 2. The van der Waals surface area contributed by atoms with Crippen molar-refractivity contribution in [1.82, 2.24) is 19.6 Å². The van der Waals surface area contributed by atoms with Crippen LogP contribution in [0.3, 0.4) is 0 Å². The maximum atomic E-state index is 12.8. The normalized spacial score (nSPS) is 10.6. The molecule has 2 aromatic heterocycles. The van der Waals surface area contributed by atoms with E-state index in [1.54, 1.807) is 24.9 Å². The molecule has 2 heterocycles. The minimum Gasteiger partial charge on any atom is -0.464 e. The third kappa shape index (κ3) is 3.08. The molecule has 26 heavy (non-hydrogen) atoms. The number of hydrogen-bond donors (Lipinski definition) is 1. The van der Waals surface area contributed by atoms with Gasteiger partial charge in [-0.2, -0.15) is 10.2 Å². The van der Waals surface area contributed by atoms with Gasteiger partial charge in [0, 0.05) is 13.2 Å². The van der Waals surface area contributed by atoms with Crippen LogP contribution in [0, 0.1) is 13.8 Å². The summed E-state index contributed by atoms with van der Waals surface area (Å²) in [5.74, 6) is -0.977. The van der Waals surface area contributed by atoms with Crippen LogP contribution in [0.5, 0.6) is 0 Å². The van der Waals surface area contributed by atoms with Crippen molar-refractivity contribution in [1.29, 1.82) is 0 Å². The fourth-order valence-electron chi connectivity index (χ4n) is 2.80. The molecule has 0 aliphatic rings. The van der Waals surface area contributed by atoms with Crippen molar-refractivity contribution >= 4 is 17.6 Å². The number of esters is 1. The maximum Gasteiger partial charge on any atom is 0.360 e. The Morgan fingerprint density at radius 3 is 2.46 bits per heavy atom. The highest BCUT2D eigenvalue weighted by Gasteiger charge is 2.23. The first kappa shape index (κ1) is 17.4. The monoisotopic (exact) mass is 353 g/mol. The molecule has 8 nitrogen and oxygen atoms in total. The number of ether oxygens (including phenoxy) is 1. The van der Waals surface area contributed by atoms with Crippen LogP contribution in [-0.2, 0) is 11.8 Å². The van der Waals surface area contributed by atoms with Crippen LogP contribution in [-0.4, -0.2) is 38.5 Å². The van der Waals surface area contributed by atoms with Crippen molar-refractivity contribution in [2.75, 3.05) is 12.4 Å². The van der Waals surface area contributed by atoms with E-state index in [4.69, 9.17) is 4.74 Å². The molecule has 0 saturated heterocycles. The van der Waals surface area contributed by atoms with Crippen LogP contribution >= 0.6 is 0 Å². The average Bonchev–Trinajstić information content (AvgIpc) is 3.14. The van der Waals surface area contributed by atoms with Gasteiger partial charge in [-0.3, -0.25) is 9.48 Å². The maximum absolute atomic E-state index is 12.8. The van der Waals surface area contributed by atoms with Gasteiger partial charge >= 0.3 is 5.97 Å². The predicted octanol–water partition coefficient (Wildman–Crippen LogP) is 2.26. The molecule has 0 aliphatic heterocycles. The van der Waals surface area contributed by atoms with Gasteiger partial charge in [0.2, 0.25) is 0 Å². The van der Waals surface area contributed by atoms with Crippen LogP contribution in [0.1, 0.15) is 32.2 Å². The number of methoxy groups -OCH3 is 1. The second-order valence-electron chi connectivity index (χ2n) is 5.80. The molecule has 0 bridgehead atoms. The Balaban J connectivity index is 1.95. The van der Waals surface area contributed by atoms with Crippen molar-refractivity contribution < 1.29 is 14.3 Å². The lowest BCUT2D eigenvalue weighted by Crippen LogP contribution is -2.16. The zero-order valence-corrected chi connectivity index (χ0v) is 15.0. The fourth-order valence-corrected chi connectivity index (χ4v) is 2.80. The summed E-state index contributed by atoms with van der Waals surface area (Å²) in [5, 5.41) is 11.2. The van der Waals surface area contributed by atoms with Crippen molar-refractivity contribution in [2.45, 2.75) is 13.8 Å². The van der Waals surface area contributed by atoms with Gasteiger partial charge in [-0.25, -0.2) is 9.48 Å². The number of nitrogens with one attached hydrogen (secondary N) is 1. The number of para-hydroxylation sites is 1. The third-order valence-corrected chi connectivity index (χ3v) is 3.97. The van der Waals surface area contributed by atoms with E-state index in [1.165, 1.54) is 11.8 Å². The van der Waals surface area contributed by atoms with Crippen LogP contribution < -0.4 is 5.32 Å². The zero-order valence-electron chi connectivity index (χ0n) is 15.0. The van der Waals surface area contributed by atoms with E-state index < -0.39 is 5.97 Å². The minimum absolute atomic E-state index is 0.0501. The lowest BCUT2D eigenvalue weighted by molar-refractivity contribution is 0.0594. The Morgan fingerprint density at radius 1 is 1.12 bits per heavy atom. The molecule has 8 heteroatoms. The largest absolute Gasteiger partial charge is 0.464 e. The lowest BCUT2D eigenvalue weighted by Gasteiger charge is -2.06. The van der Waals surface area contributed by atoms with Gasteiger partial charge in [-0.05, 0) is 26.0 Å². The third-order valence-electron chi connectivity index (χ3n) is 3.97. The Hall–Kier alpha value is -3.42. The molecule has 1 amide bonds. The van der Waals surface area contributed by atoms with Crippen LogP contribution in [0.4, 0.5) is 5.69 Å². The van der Waals surface area contributed by atoms with E-state index in [-0.39, 0.29) is 17.3 Å². The molecular weight excluding hydrogens is 334 g/mol.